The van der Waals surface area contributed by atoms with Crippen LogP contribution in [0.15, 0.2) is 48.5 Å². The predicted molar refractivity (Wildman–Crippen MR) is 140 cm³/mol. The van der Waals surface area contributed by atoms with E-state index in [1.165, 1.54) is 0 Å². The molecule has 0 aliphatic rings. The summed E-state index contributed by atoms with van der Waals surface area (Å²) in [5.41, 5.74) is 2.91. The van der Waals surface area contributed by atoms with E-state index in [0.29, 0.717) is 30.8 Å². The van der Waals surface area contributed by atoms with Crippen molar-refractivity contribution in [1.29, 1.82) is 5.41 Å². The first-order valence-electron chi connectivity index (χ1n) is 11.7. The minimum atomic E-state index is -0.616. The first-order valence-corrected chi connectivity index (χ1v) is 11.7. The number of likely N-dealkylation sites (N-methyl/N-ethyl adjacent to an activating group) is 2. The van der Waals surface area contributed by atoms with Gasteiger partial charge in [-0.05, 0) is 69.0 Å². The maximum Gasteiger partial charge on any atom is 0.412 e. The summed E-state index contributed by atoms with van der Waals surface area (Å²) in [6.45, 7) is 4.28. The molecule has 2 aromatic carbocycles. The van der Waals surface area contributed by atoms with E-state index in [4.69, 9.17) is 10.1 Å². The predicted octanol–water partition coefficient (Wildman–Crippen LogP) is 3.64. The Morgan fingerprint density at radius 3 is 2.26 bits per heavy atom. The summed E-state index contributed by atoms with van der Waals surface area (Å²) in [4.78, 5) is 27.9. The molecule has 8 heteroatoms. The van der Waals surface area contributed by atoms with Crippen molar-refractivity contribution in [2.24, 2.45) is 0 Å². The highest BCUT2D eigenvalue weighted by Gasteiger charge is 2.11. The van der Waals surface area contributed by atoms with Gasteiger partial charge < -0.3 is 19.9 Å². The molecule has 0 aliphatic heterocycles. The Balaban J connectivity index is 1.81. The molecule has 0 atom stereocenters. The van der Waals surface area contributed by atoms with E-state index in [9.17, 15) is 9.59 Å². The van der Waals surface area contributed by atoms with Crippen LogP contribution >= 0.6 is 0 Å². The number of ether oxygens (including phenoxy) is 1. The van der Waals surface area contributed by atoms with Gasteiger partial charge in [0.25, 0.3) is 5.91 Å². The minimum Gasteiger partial charge on any atom is -0.449 e. The largest absolute Gasteiger partial charge is 0.449 e. The van der Waals surface area contributed by atoms with Crippen LogP contribution in [0.5, 0.6) is 0 Å². The molecule has 0 heterocycles. The van der Waals surface area contributed by atoms with Gasteiger partial charge in [0.05, 0.1) is 13.2 Å². The Bertz CT molecular complexity index is 1040. The molecule has 2 aromatic rings. The molecule has 2 rings (SSSR count). The Morgan fingerprint density at radius 2 is 1.63 bits per heavy atom. The molecule has 35 heavy (non-hydrogen) atoms. The summed E-state index contributed by atoms with van der Waals surface area (Å²) in [7, 11) is 5.77. The lowest BCUT2D eigenvalue weighted by atomic mass is 10.1. The third-order valence-corrected chi connectivity index (χ3v) is 5.11. The monoisotopic (exact) mass is 477 g/mol. The van der Waals surface area contributed by atoms with Gasteiger partial charge in [0.1, 0.15) is 5.84 Å². The normalized spacial score (nSPS) is 10.2. The van der Waals surface area contributed by atoms with E-state index in [2.05, 4.69) is 22.5 Å². The average molecular weight is 478 g/mol. The molecule has 2 amide bonds. The topological polar surface area (TPSA) is 97.8 Å². The van der Waals surface area contributed by atoms with Gasteiger partial charge in [-0.1, -0.05) is 25.2 Å². The van der Waals surface area contributed by atoms with Crippen LogP contribution in [0.3, 0.4) is 0 Å². The molecule has 0 bridgehead atoms. The zero-order valence-corrected chi connectivity index (χ0v) is 21.0. The van der Waals surface area contributed by atoms with Gasteiger partial charge in [-0.3, -0.25) is 15.5 Å². The van der Waals surface area contributed by atoms with Crippen molar-refractivity contribution in [3.8, 4) is 11.8 Å². The molecular weight excluding hydrogens is 442 g/mol. The lowest BCUT2D eigenvalue weighted by molar-refractivity contribution is 0.0786. The van der Waals surface area contributed by atoms with Crippen LogP contribution in [0.25, 0.3) is 0 Å². The van der Waals surface area contributed by atoms with Gasteiger partial charge >= 0.3 is 6.09 Å². The highest BCUT2D eigenvalue weighted by molar-refractivity contribution is 6.04. The summed E-state index contributed by atoms with van der Waals surface area (Å²) in [6.07, 6.45) is 1.12. The lowest BCUT2D eigenvalue weighted by Crippen LogP contribution is -2.33. The molecule has 0 fully saturated rings. The Kier molecular flexibility index (Phi) is 11.3. The van der Waals surface area contributed by atoms with Crippen molar-refractivity contribution in [3.05, 3.63) is 65.2 Å². The van der Waals surface area contributed by atoms with Crippen LogP contribution < -0.4 is 10.6 Å². The van der Waals surface area contributed by atoms with Crippen molar-refractivity contribution in [2.45, 2.75) is 19.8 Å². The summed E-state index contributed by atoms with van der Waals surface area (Å²) >= 11 is 0. The number of anilines is 1. The van der Waals surface area contributed by atoms with Gasteiger partial charge in [0.15, 0.2) is 0 Å². The Morgan fingerprint density at radius 1 is 0.971 bits per heavy atom. The maximum atomic E-state index is 12.5. The zero-order chi connectivity index (χ0) is 25.6. The Hall–Kier alpha value is -3.83. The van der Waals surface area contributed by atoms with Gasteiger partial charge in [-0.2, -0.15) is 0 Å². The van der Waals surface area contributed by atoms with Crippen molar-refractivity contribution in [3.63, 3.8) is 0 Å². The summed E-state index contributed by atoms with van der Waals surface area (Å²) in [5.74, 6) is 6.13. The van der Waals surface area contributed by atoms with Crippen molar-refractivity contribution >= 4 is 23.5 Å². The summed E-state index contributed by atoms with van der Waals surface area (Å²) in [5, 5.41) is 13.6. The molecule has 0 saturated heterocycles. The number of benzene rings is 2. The second-order valence-electron chi connectivity index (χ2n) is 8.33. The van der Waals surface area contributed by atoms with Gasteiger partial charge in [0.2, 0.25) is 0 Å². The van der Waals surface area contributed by atoms with E-state index in [1.807, 2.05) is 50.2 Å². The van der Waals surface area contributed by atoms with E-state index in [0.717, 1.165) is 30.6 Å². The average Bonchev–Trinajstić information content (AvgIpc) is 2.85. The standard InChI is InChI=1S/C27H35N5O3/c1-5-6-20-35-27(34)30-25(28)22-13-15-24(16-14-22)29-17-7-8-21-9-11-23(12-10-21)26(33)32(4)19-18-31(2)3/h9-16,29H,5-6,17-20H2,1-4H3,(H2,28,30,34). The molecule has 0 aromatic heterocycles. The second kappa shape index (κ2) is 14.4. The number of amides is 2. The number of hydrogen-bond acceptors (Lipinski definition) is 6. The third-order valence-electron chi connectivity index (χ3n) is 5.11. The first kappa shape index (κ1) is 27.4. The fraction of sp³-hybridized carbons (Fsp3) is 0.370. The van der Waals surface area contributed by atoms with Crippen molar-refractivity contribution < 1.29 is 14.3 Å². The van der Waals surface area contributed by atoms with E-state index < -0.39 is 6.09 Å². The van der Waals surface area contributed by atoms with Gasteiger partial charge in [-0.25, -0.2) is 4.79 Å². The third kappa shape index (κ3) is 9.90. The van der Waals surface area contributed by atoms with Crippen LogP contribution in [0.4, 0.5) is 10.5 Å². The van der Waals surface area contributed by atoms with E-state index >= 15 is 0 Å². The Labute approximate surface area is 208 Å². The van der Waals surface area contributed by atoms with E-state index in [1.54, 1.807) is 36.2 Å². The molecule has 8 nitrogen and oxygen atoms in total. The second-order valence-corrected chi connectivity index (χ2v) is 8.33. The van der Waals surface area contributed by atoms with Gasteiger partial charge in [0, 0.05) is 42.5 Å². The van der Waals surface area contributed by atoms with Crippen LogP contribution in [0.2, 0.25) is 0 Å². The lowest BCUT2D eigenvalue weighted by Gasteiger charge is -2.19. The zero-order valence-electron chi connectivity index (χ0n) is 21.0. The number of rotatable bonds is 10. The fourth-order valence-corrected chi connectivity index (χ4v) is 2.93. The number of amidine groups is 1. The number of carbonyl (C=O) groups excluding carboxylic acids is 2. The van der Waals surface area contributed by atoms with Crippen molar-refractivity contribution in [1.82, 2.24) is 15.1 Å². The number of nitrogens with one attached hydrogen (secondary N) is 3. The van der Waals surface area contributed by atoms with Gasteiger partial charge in [-0.15, -0.1) is 0 Å². The highest BCUT2D eigenvalue weighted by atomic mass is 16.5. The quantitative estimate of drug-likeness (QED) is 0.210. The van der Waals surface area contributed by atoms with Crippen LogP contribution in [-0.4, -0.2) is 75.0 Å². The number of nitrogens with zero attached hydrogens (tertiary/aromatic N) is 2. The molecule has 0 saturated carbocycles. The minimum absolute atomic E-state index is 0.00635. The molecule has 3 N–H and O–H groups in total. The van der Waals surface area contributed by atoms with Crippen LogP contribution in [-0.2, 0) is 4.74 Å². The van der Waals surface area contributed by atoms with Crippen molar-refractivity contribution in [2.75, 3.05) is 52.7 Å². The molecule has 0 aliphatic carbocycles. The SMILES string of the molecule is CCCCOC(=O)NC(=N)c1ccc(NCC#Cc2ccc(C(=O)N(C)CCN(C)C)cc2)cc1. The molecular formula is C27H35N5O3. The van der Waals surface area contributed by atoms with Crippen LogP contribution in [0, 0.1) is 17.3 Å². The fourth-order valence-electron chi connectivity index (χ4n) is 2.93. The highest BCUT2D eigenvalue weighted by Crippen LogP contribution is 2.10. The summed E-state index contributed by atoms with van der Waals surface area (Å²) in [6, 6.07) is 14.4. The molecule has 0 unspecified atom stereocenters. The number of hydrogen-bond donors (Lipinski definition) is 3. The number of unbranched alkanes of at least 4 members (excludes halogenated alkanes) is 1. The molecule has 0 spiro atoms. The molecule has 186 valence electrons. The maximum absolute atomic E-state index is 12.5. The van der Waals surface area contributed by atoms with Crippen LogP contribution in [0.1, 0.15) is 41.3 Å². The summed E-state index contributed by atoms with van der Waals surface area (Å²) < 4.78 is 5.01. The smallest absolute Gasteiger partial charge is 0.412 e. The number of alkyl carbamates (subject to hydrolysis) is 1. The number of carbonyl (C=O) groups is 2. The first-order chi connectivity index (χ1) is 16.8. The molecule has 0 radical (unpaired) electrons. The van der Waals surface area contributed by atoms with E-state index in [-0.39, 0.29) is 11.7 Å².